The number of nitrogens with zero attached hydrogens (tertiary/aromatic N) is 2. The predicted molar refractivity (Wildman–Crippen MR) is 40.3 cm³/mol. The van der Waals surface area contributed by atoms with Crippen LogP contribution in [-0.2, 0) is 9.84 Å². The van der Waals surface area contributed by atoms with Crippen LogP contribution in [0.2, 0.25) is 5.28 Å². The van der Waals surface area contributed by atoms with E-state index in [-0.39, 0.29) is 5.28 Å². The first kappa shape index (κ1) is 11.2. The number of sulfone groups is 1. The molecule has 0 aliphatic carbocycles. The van der Waals surface area contributed by atoms with Gasteiger partial charge in [-0.05, 0) is 11.6 Å². The van der Waals surface area contributed by atoms with Gasteiger partial charge in [0.2, 0.25) is 5.28 Å². The van der Waals surface area contributed by atoms with E-state index in [0.29, 0.717) is 12.4 Å². The maximum atomic E-state index is 11.9. The van der Waals surface area contributed by atoms with E-state index in [2.05, 4.69) is 9.97 Å². The number of alkyl halides is 3. The highest BCUT2D eigenvalue weighted by Crippen LogP contribution is 2.29. The molecule has 78 valence electrons. The molecule has 0 spiro atoms. The highest BCUT2D eigenvalue weighted by Gasteiger charge is 2.47. The smallest absolute Gasteiger partial charge is 0.225 e. The van der Waals surface area contributed by atoms with E-state index >= 15 is 0 Å². The van der Waals surface area contributed by atoms with Crippen molar-refractivity contribution in [3.63, 3.8) is 0 Å². The SMILES string of the molecule is O=S(=O)(c1cnc(Cl)nc1)C(F)(F)F. The van der Waals surface area contributed by atoms with Crippen molar-refractivity contribution >= 4 is 21.4 Å². The standard InChI is InChI=1S/C5H2ClF3N2O2S/c6-4-10-1-3(2-11-4)14(12,13)5(7,8)9/h1-2H. The fourth-order valence-electron chi connectivity index (χ4n) is 0.573. The lowest BCUT2D eigenvalue weighted by atomic mass is 10.7. The summed E-state index contributed by atoms with van der Waals surface area (Å²) in [6, 6.07) is 0. The normalized spacial score (nSPS) is 12.9. The van der Waals surface area contributed by atoms with Gasteiger partial charge in [-0.2, -0.15) is 13.2 Å². The Labute approximate surface area is 81.7 Å². The minimum absolute atomic E-state index is 0.328. The number of aromatic nitrogens is 2. The molecule has 0 unspecified atom stereocenters. The summed E-state index contributed by atoms with van der Waals surface area (Å²) >= 11 is 5.18. The summed E-state index contributed by atoms with van der Waals surface area (Å²) < 4.78 is 57.3. The Balaban J connectivity index is 3.25. The summed E-state index contributed by atoms with van der Waals surface area (Å²) in [6.45, 7) is 0. The molecule has 0 amide bonds. The molecule has 0 aromatic carbocycles. The van der Waals surface area contributed by atoms with Gasteiger partial charge in [-0.1, -0.05) is 0 Å². The number of rotatable bonds is 1. The van der Waals surface area contributed by atoms with Crippen LogP contribution in [0.5, 0.6) is 0 Å². The number of hydrogen-bond donors (Lipinski definition) is 0. The highest BCUT2D eigenvalue weighted by molar-refractivity contribution is 7.92. The van der Waals surface area contributed by atoms with Crippen molar-refractivity contribution in [1.29, 1.82) is 0 Å². The second-order valence-corrected chi connectivity index (χ2v) is 4.42. The zero-order valence-corrected chi connectivity index (χ0v) is 7.86. The molecule has 0 fully saturated rings. The van der Waals surface area contributed by atoms with Crippen molar-refractivity contribution in [2.45, 2.75) is 10.4 Å². The van der Waals surface area contributed by atoms with Gasteiger partial charge >= 0.3 is 5.51 Å². The molecule has 0 aliphatic heterocycles. The van der Waals surface area contributed by atoms with Crippen molar-refractivity contribution in [3.05, 3.63) is 17.7 Å². The second kappa shape index (κ2) is 3.35. The first-order valence-corrected chi connectivity index (χ1v) is 4.90. The molecule has 0 saturated heterocycles. The van der Waals surface area contributed by atoms with Crippen LogP contribution >= 0.6 is 11.6 Å². The highest BCUT2D eigenvalue weighted by atomic mass is 35.5. The summed E-state index contributed by atoms with van der Waals surface area (Å²) in [5, 5.41) is -0.328. The zero-order valence-electron chi connectivity index (χ0n) is 6.29. The third-order valence-corrected chi connectivity index (χ3v) is 2.85. The fraction of sp³-hybridized carbons (Fsp3) is 0.200. The summed E-state index contributed by atoms with van der Waals surface area (Å²) in [4.78, 5) is 5.24. The van der Waals surface area contributed by atoms with Crippen molar-refractivity contribution in [2.24, 2.45) is 0 Å². The molecule has 1 rings (SSSR count). The van der Waals surface area contributed by atoms with Crippen molar-refractivity contribution in [1.82, 2.24) is 9.97 Å². The van der Waals surface area contributed by atoms with E-state index < -0.39 is 20.2 Å². The van der Waals surface area contributed by atoms with Gasteiger partial charge in [-0.15, -0.1) is 0 Å². The van der Waals surface area contributed by atoms with Crippen molar-refractivity contribution in [3.8, 4) is 0 Å². The average Bonchev–Trinajstić information content (AvgIpc) is 2.03. The van der Waals surface area contributed by atoms with E-state index in [9.17, 15) is 21.6 Å². The van der Waals surface area contributed by atoms with Gasteiger partial charge in [0.05, 0.1) is 12.4 Å². The molecule has 0 N–H and O–H groups in total. The Morgan fingerprint density at radius 2 is 1.64 bits per heavy atom. The molecule has 9 heteroatoms. The van der Waals surface area contributed by atoms with Crippen LogP contribution in [0.4, 0.5) is 13.2 Å². The lowest BCUT2D eigenvalue weighted by molar-refractivity contribution is -0.0436. The average molecular weight is 247 g/mol. The van der Waals surface area contributed by atoms with Crippen LogP contribution in [0.25, 0.3) is 0 Å². The van der Waals surface area contributed by atoms with Gasteiger partial charge in [-0.3, -0.25) is 0 Å². The van der Waals surface area contributed by atoms with Crippen LogP contribution in [0, 0.1) is 0 Å². The Kier molecular flexibility index (Phi) is 2.68. The van der Waals surface area contributed by atoms with Gasteiger partial charge in [-0.25, -0.2) is 18.4 Å². The fourth-order valence-corrected chi connectivity index (χ4v) is 1.32. The molecule has 0 bridgehead atoms. The van der Waals surface area contributed by atoms with Crippen LogP contribution in [0.15, 0.2) is 17.3 Å². The molecule has 0 atom stereocenters. The van der Waals surface area contributed by atoms with Crippen LogP contribution in [0.3, 0.4) is 0 Å². The first-order chi connectivity index (χ1) is 6.25. The van der Waals surface area contributed by atoms with E-state index in [0.717, 1.165) is 0 Å². The summed E-state index contributed by atoms with van der Waals surface area (Å²) in [6.07, 6.45) is 0.996. The molecular weight excluding hydrogens is 245 g/mol. The molecule has 1 heterocycles. The molecule has 1 aromatic heterocycles. The lowest BCUT2D eigenvalue weighted by Gasteiger charge is -2.06. The summed E-state index contributed by atoms with van der Waals surface area (Å²) in [5.74, 6) is 0. The van der Waals surface area contributed by atoms with E-state index in [4.69, 9.17) is 11.6 Å². The van der Waals surface area contributed by atoms with Gasteiger partial charge < -0.3 is 0 Å². The lowest BCUT2D eigenvalue weighted by Crippen LogP contribution is -2.23. The van der Waals surface area contributed by atoms with E-state index in [1.807, 2.05) is 0 Å². The number of halogens is 4. The molecule has 0 aliphatic rings. The first-order valence-electron chi connectivity index (χ1n) is 3.04. The summed E-state index contributed by atoms with van der Waals surface area (Å²) in [5.41, 5.74) is -5.36. The zero-order chi connectivity index (χ0) is 11.0. The van der Waals surface area contributed by atoms with Crippen molar-refractivity contribution < 1.29 is 21.6 Å². The second-order valence-electron chi connectivity index (χ2n) is 2.14. The predicted octanol–water partition coefficient (Wildman–Crippen LogP) is 1.42. The Morgan fingerprint density at radius 1 is 1.21 bits per heavy atom. The molecule has 4 nitrogen and oxygen atoms in total. The molecule has 0 saturated carbocycles. The van der Waals surface area contributed by atoms with Gasteiger partial charge in [0.15, 0.2) is 0 Å². The maximum Gasteiger partial charge on any atom is 0.502 e. The topological polar surface area (TPSA) is 59.9 Å². The molecular formula is C5H2ClF3N2O2S. The van der Waals surface area contributed by atoms with Crippen LogP contribution in [0.1, 0.15) is 0 Å². The summed E-state index contributed by atoms with van der Waals surface area (Å²) in [7, 11) is -5.38. The Bertz CT molecular complexity index is 427. The molecule has 1 aromatic rings. The molecule has 14 heavy (non-hydrogen) atoms. The molecule has 0 radical (unpaired) electrons. The third-order valence-electron chi connectivity index (χ3n) is 1.21. The van der Waals surface area contributed by atoms with Gasteiger partial charge in [0.1, 0.15) is 4.90 Å². The minimum atomic E-state index is -5.38. The number of hydrogen-bond acceptors (Lipinski definition) is 4. The van der Waals surface area contributed by atoms with Crippen molar-refractivity contribution in [2.75, 3.05) is 0 Å². The van der Waals surface area contributed by atoms with Crippen LogP contribution in [-0.4, -0.2) is 23.9 Å². The Morgan fingerprint density at radius 3 is 2.00 bits per heavy atom. The minimum Gasteiger partial charge on any atom is -0.225 e. The van der Waals surface area contributed by atoms with Crippen LogP contribution < -0.4 is 0 Å². The monoisotopic (exact) mass is 246 g/mol. The maximum absolute atomic E-state index is 11.9. The van der Waals surface area contributed by atoms with Gasteiger partial charge in [0, 0.05) is 0 Å². The van der Waals surface area contributed by atoms with E-state index in [1.165, 1.54) is 0 Å². The quantitative estimate of drug-likeness (QED) is 0.703. The third kappa shape index (κ3) is 1.95. The largest absolute Gasteiger partial charge is 0.502 e. The van der Waals surface area contributed by atoms with Gasteiger partial charge in [0.25, 0.3) is 9.84 Å². The van der Waals surface area contributed by atoms with E-state index in [1.54, 1.807) is 0 Å². The Hall–Kier alpha value is -0.890.